The molecule has 5 nitrogen and oxygen atoms in total. The maximum absolute atomic E-state index is 13.0. The van der Waals surface area contributed by atoms with Gasteiger partial charge in [-0.2, -0.15) is 5.26 Å². The minimum absolute atomic E-state index is 0.0187. The smallest absolute Gasteiger partial charge is 0.252 e. The maximum Gasteiger partial charge on any atom is 0.252 e. The van der Waals surface area contributed by atoms with E-state index in [1.54, 1.807) is 0 Å². The van der Waals surface area contributed by atoms with Crippen molar-refractivity contribution in [1.29, 1.82) is 5.26 Å². The van der Waals surface area contributed by atoms with Crippen LogP contribution in [0.2, 0.25) is 0 Å². The molecule has 1 aliphatic heterocycles. The lowest BCUT2D eigenvalue weighted by Gasteiger charge is -2.26. The van der Waals surface area contributed by atoms with Crippen molar-refractivity contribution >= 4 is 33.4 Å². The lowest BCUT2D eigenvalue weighted by atomic mass is 9.90. The van der Waals surface area contributed by atoms with E-state index in [2.05, 4.69) is 52.2 Å². The third kappa shape index (κ3) is 2.50. The lowest BCUT2D eigenvalue weighted by molar-refractivity contribution is 0.0967. The fraction of sp³-hybridized carbons (Fsp3) is 0.200. The predicted molar refractivity (Wildman–Crippen MR) is 121 cm³/mol. The lowest BCUT2D eigenvalue weighted by Crippen LogP contribution is -2.21. The molecule has 30 heavy (non-hydrogen) atoms. The number of para-hydroxylation sites is 1. The SMILES string of the molecule is CN(CCC#N)c1c(-c2ccccc2)c2c(c3c4ccccc4n(C)c13)C(=O)NC2. The number of fused-ring (bicyclic) bond motifs is 5. The molecule has 0 aliphatic carbocycles. The molecule has 4 aromatic rings. The zero-order valence-corrected chi connectivity index (χ0v) is 17.1. The first-order valence-electron chi connectivity index (χ1n) is 10.1. The van der Waals surface area contributed by atoms with Crippen molar-refractivity contribution in [2.75, 3.05) is 18.5 Å². The molecule has 1 N–H and O–H groups in total. The third-order valence-electron chi connectivity index (χ3n) is 6.08. The van der Waals surface area contributed by atoms with Gasteiger partial charge in [0.2, 0.25) is 0 Å². The van der Waals surface area contributed by atoms with Crippen LogP contribution in [0.3, 0.4) is 0 Å². The van der Waals surface area contributed by atoms with Gasteiger partial charge in [0.15, 0.2) is 0 Å². The quantitative estimate of drug-likeness (QED) is 0.551. The number of nitrogens with one attached hydrogen (secondary N) is 1. The Balaban J connectivity index is 2.01. The average Bonchev–Trinajstić information content (AvgIpc) is 3.30. The van der Waals surface area contributed by atoms with Crippen molar-refractivity contribution in [2.24, 2.45) is 7.05 Å². The Hall–Kier alpha value is -3.78. The van der Waals surface area contributed by atoms with Gasteiger partial charge in [0.25, 0.3) is 5.91 Å². The summed E-state index contributed by atoms with van der Waals surface area (Å²) in [6.07, 6.45) is 0.435. The van der Waals surface area contributed by atoms with Crippen molar-refractivity contribution in [2.45, 2.75) is 13.0 Å². The van der Waals surface area contributed by atoms with Crippen LogP contribution >= 0.6 is 0 Å². The van der Waals surface area contributed by atoms with Crippen LogP contribution in [0.15, 0.2) is 54.6 Å². The number of carbonyl (C=O) groups excluding carboxylic acids is 1. The Labute approximate surface area is 175 Å². The van der Waals surface area contributed by atoms with Gasteiger partial charge in [-0.3, -0.25) is 4.79 Å². The van der Waals surface area contributed by atoms with Crippen molar-refractivity contribution in [3.8, 4) is 17.2 Å². The van der Waals surface area contributed by atoms with Gasteiger partial charge in [-0.15, -0.1) is 0 Å². The molecule has 5 heteroatoms. The van der Waals surface area contributed by atoms with Crippen molar-refractivity contribution in [3.05, 3.63) is 65.7 Å². The zero-order valence-electron chi connectivity index (χ0n) is 17.1. The van der Waals surface area contributed by atoms with E-state index in [1.165, 1.54) is 0 Å². The summed E-state index contributed by atoms with van der Waals surface area (Å²) in [7, 11) is 4.09. The number of rotatable bonds is 4. The number of anilines is 1. The van der Waals surface area contributed by atoms with E-state index in [0.717, 1.165) is 49.7 Å². The van der Waals surface area contributed by atoms with Gasteiger partial charge in [-0.05, 0) is 17.2 Å². The van der Waals surface area contributed by atoms with Crippen LogP contribution in [0.1, 0.15) is 22.3 Å². The first kappa shape index (κ1) is 18.3. The molecule has 0 fully saturated rings. The minimum atomic E-state index is -0.0187. The van der Waals surface area contributed by atoms with E-state index < -0.39 is 0 Å². The molecule has 5 rings (SSSR count). The Morgan fingerprint density at radius 2 is 1.83 bits per heavy atom. The van der Waals surface area contributed by atoms with Gasteiger partial charge >= 0.3 is 0 Å². The number of nitriles is 1. The standard InChI is InChI=1S/C25H22N4O/c1-28(14-8-13-26)23-20(16-9-4-3-5-10-16)18-15-27-25(30)22(18)21-17-11-6-7-12-19(17)29(2)24(21)23/h3-7,9-12H,8,14-15H2,1-2H3,(H,27,30). The van der Waals surface area contributed by atoms with Crippen molar-refractivity contribution in [3.63, 3.8) is 0 Å². The molecule has 1 aromatic heterocycles. The molecule has 2 heterocycles. The molecule has 0 spiro atoms. The van der Waals surface area contributed by atoms with E-state index in [-0.39, 0.29) is 5.91 Å². The second-order valence-corrected chi connectivity index (χ2v) is 7.76. The van der Waals surface area contributed by atoms with E-state index in [9.17, 15) is 10.1 Å². The zero-order chi connectivity index (χ0) is 20.8. The predicted octanol–water partition coefficient (Wildman–Crippen LogP) is 4.59. The summed E-state index contributed by atoms with van der Waals surface area (Å²) in [5, 5.41) is 14.3. The first-order chi connectivity index (χ1) is 14.6. The molecule has 0 saturated heterocycles. The monoisotopic (exact) mass is 394 g/mol. The highest BCUT2D eigenvalue weighted by molar-refractivity contribution is 6.25. The molecule has 0 atom stereocenters. The maximum atomic E-state index is 13.0. The molecule has 0 unspecified atom stereocenters. The number of aromatic nitrogens is 1. The Morgan fingerprint density at radius 3 is 2.60 bits per heavy atom. The van der Waals surface area contributed by atoms with Gasteiger partial charge < -0.3 is 14.8 Å². The summed E-state index contributed by atoms with van der Waals surface area (Å²) in [6, 6.07) is 20.7. The van der Waals surface area contributed by atoms with E-state index in [4.69, 9.17) is 0 Å². The molecule has 0 bridgehead atoms. The molecular formula is C25H22N4O. The highest BCUT2D eigenvalue weighted by Crippen LogP contribution is 2.47. The summed E-state index contributed by atoms with van der Waals surface area (Å²) >= 11 is 0. The van der Waals surface area contributed by atoms with Gasteiger partial charge in [0.05, 0.1) is 29.3 Å². The van der Waals surface area contributed by atoms with Gasteiger partial charge in [-0.1, -0.05) is 48.5 Å². The number of benzene rings is 3. The Kier molecular flexibility index (Phi) is 4.22. The summed E-state index contributed by atoms with van der Waals surface area (Å²) in [5.74, 6) is -0.0187. The number of aryl methyl sites for hydroxylation is 1. The number of hydrogen-bond acceptors (Lipinski definition) is 3. The van der Waals surface area contributed by atoms with Crippen LogP contribution in [0.25, 0.3) is 32.9 Å². The molecule has 148 valence electrons. The number of nitrogens with zero attached hydrogens (tertiary/aromatic N) is 3. The fourth-order valence-electron chi connectivity index (χ4n) is 4.76. The number of amides is 1. The summed E-state index contributed by atoms with van der Waals surface area (Å²) in [6.45, 7) is 1.13. The first-order valence-corrected chi connectivity index (χ1v) is 10.1. The third-order valence-corrected chi connectivity index (χ3v) is 6.08. The van der Waals surface area contributed by atoms with Crippen LogP contribution in [-0.4, -0.2) is 24.1 Å². The number of carbonyl (C=O) groups is 1. The fourth-order valence-corrected chi connectivity index (χ4v) is 4.76. The Morgan fingerprint density at radius 1 is 1.10 bits per heavy atom. The minimum Gasteiger partial charge on any atom is -0.371 e. The average molecular weight is 394 g/mol. The molecule has 0 saturated carbocycles. The second kappa shape index (κ2) is 6.93. The van der Waals surface area contributed by atoms with Gasteiger partial charge in [0.1, 0.15) is 0 Å². The van der Waals surface area contributed by atoms with Crippen LogP contribution in [0, 0.1) is 11.3 Å². The summed E-state index contributed by atoms with van der Waals surface area (Å²) in [5.41, 5.74) is 7.16. The van der Waals surface area contributed by atoms with Crippen LogP contribution in [-0.2, 0) is 13.6 Å². The number of hydrogen-bond donors (Lipinski definition) is 1. The molecule has 3 aromatic carbocycles. The second-order valence-electron chi connectivity index (χ2n) is 7.76. The molecule has 1 aliphatic rings. The van der Waals surface area contributed by atoms with Crippen LogP contribution in [0.4, 0.5) is 5.69 Å². The molecule has 1 amide bonds. The summed E-state index contributed by atoms with van der Waals surface area (Å²) in [4.78, 5) is 15.2. The Bertz CT molecular complexity index is 1350. The van der Waals surface area contributed by atoms with Gasteiger partial charge in [0, 0.05) is 49.0 Å². The van der Waals surface area contributed by atoms with E-state index in [1.807, 2.05) is 37.4 Å². The van der Waals surface area contributed by atoms with Crippen LogP contribution in [0.5, 0.6) is 0 Å². The molecular weight excluding hydrogens is 372 g/mol. The normalized spacial score (nSPS) is 12.8. The van der Waals surface area contributed by atoms with Crippen molar-refractivity contribution in [1.82, 2.24) is 9.88 Å². The topological polar surface area (TPSA) is 61.1 Å². The highest BCUT2D eigenvalue weighted by Gasteiger charge is 2.32. The van der Waals surface area contributed by atoms with Crippen LogP contribution < -0.4 is 10.2 Å². The largest absolute Gasteiger partial charge is 0.371 e. The highest BCUT2D eigenvalue weighted by atomic mass is 16.1. The molecule has 0 radical (unpaired) electrons. The van der Waals surface area contributed by atoms with Crippen molar-refractivity contribution < 1.29 is 4.79 Å². The van der Waals surface area contributed by atoms with E-state index in [0.29, 0.717) is 19.5 Å². The van der Waals surface area contributed by atoms with Gasteiger partial charge in [-0.25, -0.2) is 0 Å². The van der Waals surface area contributed by atoms with E-state index >= 15 is 0 Å². The summed E-state index contributed by atoms with van der Waals surface area (Å²) < 4.78 is 2.18.